The summed E-state index contributed by atoms with van der Waals surface area (Å²) in [6.07, 6.45) is -4.15. The van der Waals surface area contributed by atoms with Gasteiger partial charge in [0.2, 0.25) is 0 Å². The highest BCUT2D eigenvalue weighted by atomic mass is 19.4. The van der Waals surface area contributed by atoms with Gasteiger partial charge in [-0.1, -0.05) is 0 Å². The molecule has 0 aliphatic carbocycles. The van der Waals surface area contributed by atoms with E-state index < -0.39 is 18.3 Å². The molecule has 0 bridgehead atoms. The van der Waals surface area contributed by atoms with Gasteiger partial charge in [0, 0.05) is 6.54 Å². The third kappa shape index (κ3) is 1.69. The standard InChI is InChI=1S/C6H8F3NO2/c7-6(8,9)10-3-1-2-4(10)5(11)12/h4H,1-3H2,(H,11,12)/t4-/m1/s1. The molecule has 12 heavy (non-hydrogen) atoms. The summed E-state index contributed by atoms with van der Waals surface area (Å²) in [6.45, 7) is -0.208. The Morgan fingerprint density at radius 3 is 2.42 bits per heavy atom. The fourth-order valence-corrected chi connectivity index (χ4v) is 1.33. The normalized spacial score (nSPS) is 26.1. The van der Waals surface area contributed by atoms with Crippen molar-refractivity contribution in [3.8, 4) is 0 Å². The lowest BCUT2D eigenvalue weighted by Gasteiger charge is -2.23. The van der Waals surface area contributed by atoms with Crippen molar-refractivity contribution >= 4 is 5.97 Å². The monoisotopic (exact) mass is 183 g/mol. The summed E-state index contributed by atoms with van der Waals surface area (Å²) in [7, 11) is 0. The third-order valence-corrected chi connectivity index (χ3v) is 1.86. The minimum absolute atomic E-state index is 0.0648. The number of rotatable bonds is 1. The molecule has 1 fully saturated rings. The highest BCUT2D eigenvalue weighted by Gasteiger charge is 2.47. The molecule has 0 saturated carbocycles. The lowest BCUT2D eigenvalue weighted by molar-refractivity contribution is -0.250. The number of carboxylic acids is 1. The van der Waals surface area contributed by atoms with Gasteiger partial charge in [-0.25, -0.2) is 4.90 Å². The topological polar surface area (TPSA) is 40.5 Å². The number of halogens is 3. The van der Waals surface area contributed by atoms with E-state index in [-0.39, 0.29) is 24.3 Å². The van der Waals surface area contributed by atoms with Crippen LogP contribution in [0.1, 0.15) is 12.8 Å². The lowest BCUT2D eigenvalue weighted by atomic mass is 10.2. The molecule has 1 N–H and O–H groups in total. The van der Waals surface area contributed by atoms with Gasteiger partial charge < -0.3 is 5.11 Å². The smallest absolute Gasteiger partial charge is 0.460 e. The van der Waals surface area contributed by atoms with Crippen LogP contribution in [0.2, 0.25) is 0 Å². The molecule has 0 amide bonds. The van der Waals surface area contributed by atoms with Crippen molar-refractivity contribution in [2.75, 3.05) is 6.54 Å². The molecule has 0 radical (unpaired) electrons. The number of aliphatic carboxylic acids is 1. The van der Waals surface area contributed by atoms with Crippen LogP contribution in [0.4, 0.5) is 13.2 Å². The molecule has 1 heterocycles. The number of hydrogen-bond acceptors (Lipinski definition) is 2. The molecule has 0 aromatic carbocycles. The van der Waals surface area contributed by atoms with Gasteiger partial charge in [0.1, 0.15) is 6.04 Å². The van der Waals surface area contributed by atoms with E-state index >= 15 is 0 Å². The maximum atomic E-state index is 12.0. The first-order valence-corrected chi connectivity index (χ1v) is 3.49. The van der Waals surface area contributed by atoms with Crippen molar-refractivity contribution in [1.29, 1.82) is 0 Å². The summed E-state index contributed by atoms with van der Waals surface area (Å²) in [5.74, 6) is -1.40. The van der Waals surface area contributed by atoms with Crippen molar-refractivity contribution in [3.05, 3.63) is 0 Å². The number of carbonyl (C=O) groups is 1. The first-order chi connectivity index (χ1) is 5.43. The summed E-state index contributed by atoms with van der Waals surface area (Å²) in [6, 6.07) is -1.38. The maximum absolute atomic E-state index is 12.0. The van der Waals surface area contributed by atoms with Crippen LogP contribution in [-0.2, 0) is 4.79 Å². The number of hydrogen-bond donors (Lipinski definition) is 1. The molecule has 1 rings (SSSR count). The Morgan fingerprint density at radius 1 is 1.50 bits per heavy atom. The molecule has 70 valence electrons. The number of carboxylic acid groups (broad SMARTS) is 1. The Kier molecular flexibility index (Phi) is 2.27. The molecule has 1 saturated heterocycles. The highest BCUT2D eigenvalue weighted by molar-refractivity contribution is 5.73. The Balaban J connectivity index is 2.71. The largest absolute Gasteiger partial charge is 0.480 e. The second-order valence-corrected chi connectivity index (χ2v) is 2.66. The fourth-order valence-electron chi connectivity index (χ4n) is 1.33. The Hall–Kier alpha value is -0.780. The van der Waals surface area contributed by atoms with E-state index in [0.29, 0.717) is 0 Å². The number of nitrogens with zero attached hydrogens (tertiary/aromatic N) is 1. The van der Waals surface area contributed by atoms with Gasteiger partial charge in [0.05, 0.1) is 0 Å². The van der Waals surface area contributed by atoms with Crippen LogP contribution in [-0.4, -0.2) is 34.9 Å². The quantitative estimate of drug-likeness (QED) is 0.618. The molecule has 1 atom stereocenters. The molecule has 0 spiro atoms. The average molecular weight is 183 g/mol. The minimum Gasteiger partial charge on any atom is -0.480 e. The van der Waals surface area contributed by atoms with Crippen molar-refractivity contribution in [2.45, 2.75) is 25.2 Å². The fraction of sp³-hybridized carbons (Fsp3) is 0.833. The van der Waals surface area contributed by atoms with E-state index in [1.54, 1.807) is 0 Å². The van der Waals surface area contributed by atoms with Gasteiger partial charge in [0.15, 0.2) is 0 Å². The van der Waals surface area contributed by atoms with Gasteiger partial charge in [-0.05, 0) is 12.8 Å². The molecule has 6 heteroatoms. The first-order valence-electron chi connectivity index (χ1n) is 3.49. The molecule has 0 aromatic rings. The zero-order valence-corrected chi connectivity index (χ0v) is 6.14. The van der Waals surface area contributed by atoms with Crippen molar-refractivity contribution in [3.63, 3.8) is 0 Å². The van der Waals surface area contributed by atoms with Gasteiger partial charge in [-0.15, -0.1) is 0 Å². The Morgan fingerprint density at radius 2 is 2.08 bits per heavy atom. The van der Waals surface area contributed by atoms with Crippen LogP contribution in [0.3, 0.4) is 0 Å². The van der Waals surface area contributed by atoms with Gasteiger partial charge >= 0.3 is 12.3 Å². The summed E-state index contributed by atoms with van der Waals surface area (Å²) < 4.78 is 36.1. The third-order valence-electron chi connectivity index (χ3n) is 1.86. The van der Waals surface area contributed by atoms with Crippen LogP contribution < -0.4 is 0 Å². The summed E-state index contributed by atoms with van der Waals surface area (Å²) >= 11 is 0. The Bertz CT molecular complexity index is 192. The molecule has 1 aliphatic rings. The van der Waals surface area contributed by atoms with Crippen LogP contribution in [0.5, 0.6) is 0 Å². The molecule has 3 nitrogen and oxygen atoms in total. The van der Waals surface area contributed by atoms with Gasteiger partial charge in [-0.2, -0.15) is 13.2 Å². The van der Waals surface area contributed by atoms with E-state index in [9.17, 15) is 18.0 Å². The van der Waals surface area contributed by atoms with E-state index in [1.165, 1.54) is 0 Å². The van der Waals surface area contributed by atoms with Gasteiger partial charge in [-0.3, -0.25) is 4.79 Å². The van der Waals surface area contributed by atoms with Crippen molar-refractivity contribution in [1.82, 2.24) is 4.90 Å². The first kappa shape index (κ1) is 9.31. The summed E-state index contributed by atoms with van der Waals surface area (Å²) in [5, 5.41) is 8.41. The predicted molar refractivity (Wildman–Crippen MR) is 33.4 cm³/mol. The van der Waals surface area contributed by atoms with Crippen molar-refractivity contribution in [2.24, 2.45) is 0 Å². The molecule has 0 unspecified atom stereocenters. The van der Waals surface area contributed by atoms with E-state index in [2.05, 4.69) is 0 Å². The highest BCUT2D eigenvalue weighted by Crippen LogP contribution is 2.30. The predicted octanol–water partition coefficient (Wildman–Crippen LogP) is 1.06. The zero-order valence-electron chi connectivity index (χ0n) is 6.14. The summed E-state index contributed by atoms with van der Waals surface area (Å²) in [5.41, 5.74) is 0. The van der Waals surface area contributed by atoms with E-state index in [1.807, 2.05) is 0 Å². The molecule has 0 aromatic heterocycles. The average Bonchev–Trinajstić information content (AvgIpc) is 2.30. The van der Waals surface area contributed by atoms with Crippen LogP contribution >= 0.6 is 0 Å². The molecule has 1 aliphatic heterocycles. The lowest BCUT2D eigenvalue weighted by Crippen LogP contribution is -2.45. The van der Waals surface area contributed by atoms with Crippen LogP contribution in [0, 0.1) is 0 Å². The SMILES string of the molecule is O=C(O)[C@H]1CCCN1C(F)(F)F. The Labute approximate surface area is 66.8 Å². The van der Waals surface area contributed by atoms with Crippen LogP contribution in [0.15, 0.2) is 0 Å². The van der Waals surface area contributed by atoms with Crippen molar-refractivity contribution < 1.29 is 23.1 Å². The maximum Gasteiger partial charge on any atom is 0.460 e. The van der Waals surface area contributed by atoms with Crippen LogP contribution in [0.25, 0.3) is 0 Å². The number of alkyl halides is 3. The number of likely N-dealkylation sites (tertiary alicyclic amines) is 1. The zero-order chi connectivity index (χ0) is 9.35. The van der Waals surface area contributed by atoms with Gasteiger partial charge in [0.25, 0.3) is 0 Å². The van der Waals surface area contributed by atoms with E-state index in [0.717, 1.165) is 0 Å². The summed E-state index contributed by atoms with van der Waals surface area (Å²) in [4.78, 5) is 10.4. The molecular weight excluding hydrogens is 175 g/mol. The minimum atomic E-state index is -4.51. The molecular formula is C6H8F3NO2. The second-order valence-electron chi connectivity index (χ2n) is 2.66. The van der Waals surface area contributed by atoms with E-state index in [4.69, 9.17) is 5.11 Å². The second kappa shape index (κ2) is 2.93.